The van der Waals surface area contributed by atoms with E-state index in [0.29, 0.717) is 32.0 Å². The Labute approximate surface area is 289 Å². The molecule has 0 saturated carbocycles. The summed E-state index contributed by atoms with van der Waals surface area (Å²) in [6.07, 6.45) is 6.24. The zero-order valence-electron chi connectivity index (χ0n) is 29.2. The van der Waals surface area contributed by atoms with Crippen LogP contribution in [0.5, 0.6) is 0 Å². The number of nitrogens with two attached hydrogens (primary N) is 1. The van der Waals surface area contributed by atoms with Gasteiger partial charge in [-0.25, -0.2) is 9.67 Å². The molecule has 4 heterocycles. The number of likely N-dealkylation sites (tertiary alicyclic amines) is 1. The number of rotatable bonds is 17. The number of likely N-dealkylation sites (N-methyl/N-ethyl adjacent to an activating group) is 1. The molecule has 0 radical (unpaired) electrons. The van der Waals surface area contributed by atoms with E-state index in [4.69, 9.17) is 15.8 Å². The van der Waals surface area contributed by atoms with Gasteiger partial charge in [0.05, 0.1) is 17.8 Å². The number of aromatic nitrogens is 3. The number of aliphatic carboxylic acids is 1. The fraction of sp³-hybridized carbons (Fsp3) is 0.541. The van der Waals surface area contributed by atoms with E-state index in [-0.39, 0.29) is 31.1 Å². The van der Waals surface area contributed by atoms with Gasteiger partial charge in [-0.1, -0.05) is 6.07 Å². The van der Waals surface area contributed by atoms with Gasteiger partial charge in [-0.05, 0) is 106 Å². The number of hydrogen-bond acceptors (Lipinski definition) is 8. The summed E-state index contributed by atoms with van der Waals surface area (Å²) in [4.78, 5) is 44.8. The van der Waals surface area contributed by atoms with Crippen molar-refractivity contribution >= 4 is 29.3 Å². The molecule has 2 amide bonds. The van der Waals surface area contributed by atoms with Crippen molar-refractivity contribution in [3.8, 4) is 5.69 Å². The van der Waals surface area contributed by atoms with Gasteiger partial charge in [0, 0.05) is 75.6 Å². The normalized spacial score (nSPS) is 16.5. The lowest BCUT2D eigenvalue weighted by molar-refractivity contribution is -0.137. The first-order chi connectivity index (χ1) is 23.5. The first-order valence-corrected chi connectivity index (χ1v) is 17.7. The highest BCUT2D eigenvalue weighted by atomic mass is 16.4. The van der Waals surface area contributed by atoms with Crippen LogP contribution in [0.4, 0.5) is 11.5 Å². The molecule has 5 rings (SSSR count). The quantitative estimate of drug-likeness (QED) is 0.167. The largest absolute Gasteiger partial charge is 0.481 e. The summed E-state index contributed by atoms with van der Waals surface area (Å²) in [6, 6.07) is 12.6. The molecule has 0 spiro atoms. The molecule has 3 aromatic rings. The number of pyridine rings is 1. The summed E-state index contributed by atoms with van der Waals surface area (Å²) in [7, 11) is 1.97. The summed E-state index contributed by atoms with van der Waals surface area (Å²) < 4.78 is 1.91. The van der Waals surface area contributed by atoms with Crippen LogP contribution in [0.25, 0.3) is 5.69 Å². The number of aryl methyl sites for hydroxylation is 4. The Kier molecular flexibility index (Phi) is 12.3. The number of carbonyl (C=O) groups excluding carboxylic acids is 2. The van der Waals surface area contributed by atoms with Gasteiger partial charge in [0.25, 0.3) is 0 Å². The Balaban J connectivity index is 1.27. The number of carbonyl (C=O) groups is 3. The van der Waals surface area contributed by atoms with E-state index in [1.807, 2.05) is 31.6 Å². The second kappa shape index (κ2) is 16.8. The number of carboxylic acid groups (broad SMARTS) is 1. The fourth-order valence-electron chi connectivity index (χ4n) is 7.08. The van der Waals surface area contributed by atoms with Gasteiger partial charge in [0.1, 0.15) is 5.82 Å². The minimum atomic E-state index is -0.821. The molecule has 12 heteroatoms. The van der Waals surface area contributed by atoms with Crippen LogP contribution in [0.3, 0.4) is 0 Å². The zero-order valence-corrected chi connectivity index (χ0v) is 29.2. The van der Waals surface area contributed by atoms with Crippen molar-refractivity contribution < 1.29 is 19.5 Å². The number of fused-ring (bicyclic) bond motifs is 1. The lowest BCUT2D eigenvalue weighted by Gasteiger charge is -2.26. The molecular formula is C37H52N8O4. The van der Waals surface area contributed by atoms with Crippen LogP contribution in [0.15, 0.2) is 36.4 Å². The highest BCUT2D eigenvalue weighted by molar-refractivity contribution is 5.78. The van der Waals surface area contributed by atoms with Gasteiger partial charge in [0.2, 0.25) is 11.8 Å². The van der Waals surface area contributed by atoms with E-state index in [0.717, 1.165) is 91.6 Å². The van der Waals surface area contributed by atoms with Crippen LogP contribution in [0, 0.1) is 19.8 Å². The van der Waals surface area contributed by atoms with Gasteiger partial charge in [0.15, 0.2) is 0 Å². The van der Waals surface area contributed by atoms with Gasteiger partial charge < -0.3 is 31.3 Å². The van der Waals surface area contributed by atoms with Crippen molar-refractivity contribution in [1.29, 1.82) is 0 Å². The smallest absolute Gasteiger partial charge is 0.304 e. The van der Waals surface area contributed by atoms with E-state index in [2.05, 4.69) is 50.8 Å². The van der Waals surface area contributed by atoms with Crippen molar-refractivity contribution in [2.45, 2.75) is 77.6 Å². The summed E-state index contributed by atoms with van der Waals surface area (Å²) >= 11 is 0. The van der Waals surface area contributed by atoms with E-state index in [1.54, 1.807) is 0 Å². The Hall–Kier alpha value is -4.45. The predicted molar refractivity (Wildman–Crippen MR) is 191 cm³/mol. The maximum absolute atomic E-state index is 12.3. The molecule has 2 aliphatic rings. The number of nitrogens with zero attached hydrogens (tertiary/aromatic N) is 5. The Morgan fingerprint density at radius 1 is 1.16 bits per heavy atom. The highest BCUT2D eigenvalue weighted by Crippen LogP contribution is 2.32. The van der Waals surface area contributed by atoms with Crippen LogP contribution in [0.1, 0.15) is 79.1 Å². The minimum absolute atomic E-state index is 0.0261. The number of hydrogen-bond donors (Lipinski definition) is 4. The number of primary amides is 1. The summed E-state index contributed by atoms with van der Waals surface area (Å²) in [6.45, 7) is 8.49. The van der Waals surface area contributed by atoms with Crippen LogP contribution >= 0.6 is 0 Å². The average Bonchev–Trinajstić information content (AvgIpc) is 3.67. The molecule has 49 heavy (non-hydrogen) atoms. The van der Waals surface area contributed by atoms with Crippen LogP contribution < -0.4 is 21.3 Å². The van der Waals surface area contributed by atoms with Gasteiger partial charge >= 0.3 is 5.97 Å². The second-order valence-corrected chi connectivity index (χ2v) is 13.8. The van der Waals surface area contributed by atoms with E-state index < -0.39 is 11.9 Å². The van der Waals surface area contributed by atoms with E-state index in [1.165, 1.54) is 5.56 Å². The Morgan fingerprint density at radius 3 is 2.76 bits per heavy atom. The van der Waals surface area contributed by atoms with Crippen LogP contribution in [-0.2, 0) is 27.2 Å². The topological polar surface area (TPSA) is 159 Å². The molecule has 0 unspecified atom stereocenters. The highest BCUT2D eigenvalue weighted by Gasteiger charge is 2.27. The summed E-state index contributed by atoms with van der Waals surface area (Å²) in [5, 5.41) is 21.1. The number of amides is 2. The number of carboxylic acids is 1. The first-order valence-electron chi connectivity index (χ1n) is 17.7. The molecule has 12 nitrogen and oxygen atoms in total. The van der Waals surface area contributed by atoms with Crippen molar-refractivity contribution in [2.24, 2.45) is 11.7 Å². The van der Waals surface area contributed by atoms with Crippen molar-refractivity contribution in [3.63, 3.8) is 0 Å². The van der Waals surface area contributed by atoms with Crippen LogP contribution in [0.2, 0.25) is 0 Å². The molecule has 264 valence electrons. The molecule has 0 bridgehead atoms. The minimum Gasteiger partial charge on any atom is -0.481 e. The maximum Gasteiger partial charge on any atom is 0.304 e. The van der Waals surface area contributed by atoms with Crippen molar-refractivity contribution in [1.82, 2.24) is 25.0 Å². The molecule has 2 aromatic heterocycles. The molecule has 5 N–H and O–H groups in total. The van der Waals surface area contributed by atoms with Gasteiger partial charge in [-0.15, -0.1) is 0 Å². The third-order valence-corrected chi connectivity index (χ3v) is 9.72. The Morgan fingerprint density at radius 2 is 2.00 bits per heavy atom. The molecule has 0 aliphatic carbocycles. The Bertz CT molecular complexity index is 1620. The SMILES string of the molecule is Cc1cc(C)n(-c2cc([C@H](CC(=O)O)CN3CC[C@@H](CCc4ccc5c(n4)NCCC5)C3)cc(N(C)CCNC(=O)CCCC(N)=O)c2)n1. The lowest BCUT2D eigenvalue weighted by Crippen LogP contribution is -2.33. The lowest BCUT2D eigenvalue weighted by atomic mass is 9.93. The summed E-state index contributed by atoms with van der Waals surface area (Å²) in [5.41, 5.74) is 12.3. The third kappa shape index (κ3) is 10.3. The molecule has 1 saturated heterocycles. The molecular weight excluding hydrogens is 620 g/mol. The van der Waals surface area contributed by atoms with Gasteiger partial charge in [-0.2, -0.15) is 5.10 Å². The standard InChI is InChI=1S/C37H52N8O4/c1-25-18-26(2)45(42-25)33-20-29(19-32(22-33)43(3)17-15-39-35(47)8-4-7-34(38)46)30(21-36(48)49)24-44-16-13-27(23-44)9-11-31-12-10-28-6-5-14-40-37(28)41-31/h10,12,18-20,22,27,30H,4-9,11,13-17,21,23-24H2,1-3H3,(H2,38,46)(H,39,47)(H,40,41)(H,48,49)/t27-,30-/m1/s1. The third-order valence-electron chi connectivity index (χ3n) is 9.72. The van der Waals surface area contributed by atoms with Gasteiger partial charge in [-0.3, -0.25) is 14.4 Å². The van der Waals surface area contributed by atoms with Crippen molar-refractivity contribution in [2.75, 3.05) is 56.5 Å². The number of anilines is 2. The predicted octanol–water partition coefficient (Wildman–Crippen LogP) is 3.96. The van der Waals surface area contributed by atoms with E-state index >= 15 is 0 Å². The molecule has 1 aromatic carbocycles. The fourth-order valence-corrected chi connectivity index (χ4v) is 7.08. The molecule has 1 fully saturated rings. The molecule has 2 aliphatic heterocycles. The second-order valence-electron chi connectivity index (χ2n) is 13.8. The summed E-state index contributed by atoms with van der Waals surface area (Å²) in [5.74, 6) is 0.0331. The monoisotopic (exact) mass is 672 g/mol. The maximum atomic E-state index is 12.3. The molecule has 2 atom stereocenters. The van der Waals surface area contributed by atoms with Crippen molar-refractivity contribution in [3.05, 3.63) is 64.6 Å². The van der Waals surface area contributed by atoms with Crippen LogP contribution in [-0.4, -0.2) is 88.9 Å². The van der Waals surface area contributed by atoms with E-state index in [9.17, 15) is 19.5 Å². The first kappa shape index (κ1) is 35.8. The zero-order chi connectivity index (χ0) is 34.9. The number of nitrogens with one attached hydrogen (secondary N) is 2. The average molecular weight is 673 g/mol. The number of benzene rings is 1.